The summed E-state index contributed by atoms with van der Waals surface area (Å²) in [5.41, 5.74) is 3.29. The van der Waals surface area contributed by atoms with Crippen LogP contribution in [-0.4, -0.2) is 11.3 Å². The Morgan fingerprint density at radius 1 is 0.931 bits per heavy atom. The SMILES string of the molecule is N#Cc1c(N=Cc2cc(Br)ccc2O)oc(-c2ccccc2)c1-c1ccccc1. The minimum Gasteiger partial charge on any atom is -0.507 e. The summed E-state index contributed by atoms with van der Waals surface area (Å²) in [5, 5.41) is 19.9. The third-order valence-corrected chi connectivity index (χ3v) is 4.90. The summed E-state index contributed by atoms with van der Waals surface area (Å²) in [6.45, 7) is 0. The summed E-state index contributed by atoms with van der Waals surface area (Å²) in [7, 11) is 0. The first-order valence-electron chi connectivity index (χ1n) is 8.87. The number of nitriles is 1. The molecule has 0 bridgehead atoms. The van der Waals surface area contributed by atoms with E-state index in [1.165, 1.54) is 6.21 Å². The van der Waals surface area contributed by atoms with Crippen molar-refractivity contribution in [3.63, 3.8) is 0 Å². The van der Waals surface area contributed by atoms with Gasteiger partial charge in [0.2, 0.25) is 5.88 Å². The lowest BCUT2D eigenvalue weighted by Gasteiger charge is -2.03. The number of nitrogens with zero attached hydrogens (tertiary/aromatic N) is 2. The van der Waals surface area contributed by atoms with Crippen molar-refractivity contribution < 1.29 is 9.52 Å². The summed E-state index contributed by atoms with van der Waals surface area (Å²) in [6.07, 6.45) is 1.49. The van der Waals surface area contributed by atoms with Gasteiger partial charge in [0, 0.05) is 27.4 Å². The highest BCUT2D eigenvalue weighted by atomic mass is 79.9. The third-order valence-electron chi connectivity index (χ3n) is 4.41. The van der Waals surface area contributed by atoms with Crippen LogP contribution < -0.4 is 0 Å². The molecule has 0 saturated carbocycles. The zero-order valence-corrected chi connectivity index (χ0v) is 16.8. The smallest absolute Gasteiger partial charge is 0.238 e. The second kappa shape index (κ2) is 8.17. The maximum Gasteiger partial charge on any atom is 0.238 e. The van der Waals surface area contributed by atoms with Crippen molar-refractivity contribution in [2.24, 2.45) is 4.99 Å². The Bertz CT molecular complexity index is 1220. The van der Waals surface area contributed by atoms with E-state index in [1.54, 1.807) is 18.2 Å². The van der Waals surface area contributed by atoms with E-state index in [2.05, 4.69) is 27.0 Å². The maximum absolute atomic E-state index is 10.0. The second-order valence-corrected chi connectivity index (χ2v) is 7.21. The van der Waals surface area contributed by atoms with E-state index in [4.69, 9.17) is 4.42 Å². The molecule has 0 unspecified atom stereocenters. The summed E-state index contributed by atoms with van der Waals surface area (Å²) >= 11 is 3.38. The normalized spacial score (nSPS) is 10.9. The number of hydrogen-bond donors (Lipinski definition) is 1. The van der Waals surface area contributed by atoms with Gasteiger partial charge in [-0.3, -0.25) is 0 Å². The largest absolute Gasteiger partial charge is 0.507 e. The minimum absolute atomic E-state index is 0.0913. The highest BCUT2D eigenvalue weighted by Crippen LogP contribution is 2.42. The second-order valence-electron chi connectivity index (χ2n) is 6.29. The van der Waals surface area contributed by atoms with Crippen LogP contribution in [0.25, 0.3) is 22.5 Å². The van der Waals surface area contributed by atoms with Crippen LogP contribution in [0.15, 0.2) is 92.7 Å². The predicted molar refractivity (Wildman–Crippen MR) is 117 cm³/mol. The third kappa shape index (κ3) is 3.84. The molecule has 140 valence electrons. The Morgan fingerprint density at radius 3 is 2.24 bits per heavy atom. The summed E-state index contributed by atoms with van der Waals surface area (Å²) in [4.78, 5) is 4.39. The number of aromatic hydroxyl groups is 1. The Labute approximate surface area is 176 Å². The van der Waals surface area contributed by atoms with Crippen LogP contribution in [0.1, 0.15) is 11.1 Å². The van der Waals surface area contributed by atoms with Gasteiger partial charge in [-0.2, -0.15) is 5.26 Å². The van der Waals surface area contributed by atoms with E-state index in [0.717, 1.165) is 15.6 Å². The topological polar surface area (TPSA) is 69.5 Å². The average Bonchev–Trinajstić information content (AvgIpc) is 3.14. The van der Waals surface area contributed by atoms with E-state index < -0.39 is 0 Å². The quantitative estimate of drug-likeness (QED) is 0.357. The molecule has 1 N–H and O–H groups in total. The van der Waals surface area contributed by atoms with Gasteiger partial charge in [0.05, 0.1) is 0 Å². The summed E-state index contributed by atoms with van der Waals surface area (Å²) in [6, 6.07) is 26.5. The van der Waals surface area contributed by atoms with Gasteiger partial charge >= 0.3 is 0 Å². The Hall–Kier alpha value is -3.62. The van der Waals surface area contributed by atoms with Crippen molar-refractivity contribution in [3.8, 4) is 34.3 Å². The van der Waals surface area contributed by atoms with Crippen LogP contribution >= 0.6 is 15.9 Å². The van der Waals surface area contributed by atoms with E-state index >= 15 is 0 Å². The molecule has 0 aliphatic carbocycles. The van der Waals surface area contributed by atoms with Crippen molar-refractivity contribution in [1.29, 1.82) is 5.26 Å². The number of rotatable bonds is 4. The molecular formula is C24H15BrN2O2. The molecule has 0 amide bonds. The van der Waals surface area contributed by atoms with Gasteiger partial charge < -0.3 is 9.52 Å². The van der Waals surface area contributed by atoms with Gasteiger partial charge in [0.25, 0.3) is 0 Å². The van der Waals surface area contributed by atoms with E-state index in [0.29, 0.717) is 22.5 Å². The number of furan rings is 1. The minimum atomic E-state index is 0.0913. The molecule has 0 fully saturated rings. The van der Waals surface area contributed by atoms with Gasteiger partial charge in [-0.05, 0) is 23.8 Å². The molecule has 4 aromatic rings. The van der Waals surface area contributed by atoms with E-state index in [9.17, 15) is 10.4 Å². The van der Waals surface area contributed by atoms with Crippen LogP contribution in [0.3, 0.4) is 0 Å². The van der Waals surface area contributed by atoms with Crippen LogP contribution in [0, 0.1) is 11.3 Å². The Morgan fingerprint density at radius 2 is 1.59 bits per heavy atom. The molecule has 1 aromatic heterocycles. The van der Waals surface area contributed by atoms with Gasteiger partial charge in [-0.25, -0.2) is 4.99 Å². The van der Waals surface area contributed by atoms with Crippen molar-refractivity contribution >= 4 is 28.0 Å². The maximum atomic E-state index is 10.0. The first-order chi connectivity index (χ1) is 14.2. The van der Waals surface area contributed by atoms with Gasteiger partial charge in [-0.1, -0.05) is 76.6 Å². The average molecular weight is 443 g/mol. The van der Waals surface area contributed by atoms with Crippen LogP contribution in [0.2, 0.25) is 0 Å². The molecule has 3 aromatic carbocycles. The molecule has 4 nitrogen and oxygen atoms in total. The lowest BCUT2D eigenvalue weighted by atomic mass is 9.98. The number of benzene rings is 3. The molecular weight excluding hydrogens is 428 g/mol. The predicted octanol–water partition coefficient (Wildman–Crippen LogP) is 6.70. The number of halogens is 1. The first-order valence-corrected chi connectivity index (χ1v) is 9.67. The number of phenolic OH excluding ortho intramolecular Hbond substituents is 1. The van der Waals surface area contributed by atoms with Gasteiger partial charge in [-0.15, -0.1) is 0 Å². The van der Waals surface area contributed by atoms with Crippen LogP contribution in [-0.2, 0) is 0 Å². The highest BCUT2D eigenvalue weighted by Gasteiger charge is 2.22. The monoisotopic (exact) mass is 442 g/mol. The first kappa shape index (κ1) is 18.7. The van der Waals surface area contributed by atoms with Gasteiger partial charge in [0.15, 0.2) is 0 Å². The fourth-order valence-electron chi connectivity index (χ4n) is 3.04. The highest BCUT2D eigenvalue weighted by molar-refractivity contribution is 9.10. The van der Waals surface area contributed by atoms with Crippen molar-refractivity contribution in [1.82, 2.24) is 0 Å². The molecule has 0 radical (unpaired) electrons. The molecule has 0 spiro atoms. The van der Waals surface area contributed by atoms with Crippen molar-refractivity contribution in [2.75, 3.05) is 0 Å². The zero-order valence-electron chi connectivity index (χ0n) is 15.2. The lowest BCUT2D eigenvalue weighted by Crippen LogP contribution is -1.84. The Kier molecular flexibility index (Phi) is 5.28. The fourth-order valence-corrected chi connectivity index (χ4v) is 3.42. The summed E-state index contributed by atoms with van der Waals surface area (Å²) in [5.74, 6) is 0.872. The molecule has 4 rings (SSSR count). The molecule has 5 heteroatoms. The summed E-state index contributed by atoms with van der Waals surface area (Å²) < 4.78 is 6.87. The van der Waals surface area contributed by atoms with E-state index in [-0.39, 0.29) is 11.6 Å². The number of aliphatic imine (C=N–C) groups is 1. The van der Waals surface area contributed by atoms with Crippen molar-refractivity contribution in [3.05, 3.63) is 94.5 Å². The standard InChI is InChI=1S/C24H15BrN2O2/c25-19-11-12-21(28)18(13-19)15-27-24-20(14-26)22(16-7-3-1-4-8-16)23(29-24)17-9-5-2-6-10-17/h1-13,15,28H. The molecule has 0 aliphatic heterocycles. The van der Waals surface area contributed by atoms with Crippen molar-refractivity contribution in [2.45, 2.75) is 0 Å². The zero-order chi connectivity index (χ0) is 20.2. The molecule has 1 heterocycles. The molecule has 0 atom stereocenters. The van der Waals surface area contributed by atoms with Crippen LogP contribution in [0.4, 0.5) is 5.88 Å². The number of phenols is 1. The van der Waals surface area contributed by atoms with E-state index in [1.807, 2.05) is 60.7 Å². The lowest BCUT2D eigenvalue weighted by molar-refractivity contribution is 0.474. The number of hydrogen-bond acceptors (Lipinski definition) is 4. The van der Waals surface area contributed by atoms with Gasteiger partial charge in [0.1, 0.15) is 23.1 Å². The molecule has 0 saturated heterocycles. The molecule has 29 heavy (non-hydrogen) atoms. The fraction of sp³-hybridized carbons (Fsp3) is 0. The van der Waals surface area contributed by atoms with Crippen LogP contribution in [0.5, 0.6) is 5.75 Å². The Balaban J connectivity index is 1.90. The molecule has 0 aliphatic rings.